The Labute approximate surface area is 120 Å². The lowest BCUT2D eigenvalue weighted by molar-refractivity contribution is -0.270. The van der Waals surface area contributed by atoms with Crippen LogP contribution < -0.4 is 11.1 Å². The Kier molecular flexibility index (Phi) is 6.45. The maximum Gasteiger partial charge on any atom is 0.322 e. The molecule has 0 radical (unpaired) electrons. The molecule has 1 fully saturated rings. The number of carbonyl (C=O) groups is 2. The van der Waals surface area contributed by atoms with Gasteiger partial charge in [-0.2, -0.15) is 0 Å². The van der Waals surface area contributed by atoms with E-state index in [4.69, 9.17) is 25.4 Å². The molecule has 2 unspecified atom stereocenters. The smallest absolute Gasteiger partial charge is 0.322 e. The standard InChI is InChI=1S/C11H20N2O8/c1-4(15)13-7-9(17)8(16)6(2-14)21-11(7)20-3-5(12)10(18)19/h5-9,11,14,16-17H,2-3,12H2,1H3,(H,13,15)(H,18,19)/t5-,6?,7?,8-,9+,11+/m0/s1. The van der Waals surface area contributed by atoms with E-state index in [0.717, 1.165) is 0 Å². The molecule has 1 aliphatic heterocycles. The summed E-state index contributed by atoms with van der Waals surface area (Å²) in [6, 6.07) is -2.44. The predicted octanol–water partition coefficient (Wildman–Crippen LogP) is -3.64. The van der Waals surface area contributed by atoms with Gasteiger partial charge in [-0.3, -0.25) is 9.59 Å². The van der Waals surface area contributed by atoms with Gasteiger partial charge in [0.25, 0.3) is 0 Å². The minimum atomic E-state index is -1.45. The average molecular weight is 308 g/mol. The van der Waals surface area contributed by atoms with Crippen molar-refractivity contribution in [3.05, 3.63) is 0 Å². The van der Waals surface area contributed by atoms with Crippen LogP contribution in [-0.4, -0.2) is 82.2 Å². The summed E-state index contributed by atoms with van der Waals surface area (Å²) in [6.45, 7) is 0.171. The molecule has 10 heteroatoms. The highest BCUT2D eigenvalue weighted by atomic mass is 16.7. The summed E-state index contributed by atoms with van der Waals surface area (Å²) in [5.41, 5.74) is 5.28. The van der Waals surface area contributed by atoms with E-state index in [1.165, 1.54) is 6.92 Å². The Morgan fingerprint density at radius 3 is 2.48 bits per heavy atom. The zero-order valence-corrected chi connectivity index (χ0v) is 11.4. The Morgan fingerprint density at radius 1 is 1.38 bits per heavy atom. The zero-order chi connectivity index (χ0) is 16.2. The third-order valence-corrected chi connectivity index (χ3v) is 3.01. The fourth-order valence-corrected chi connectivity index (χ4v) is 1.88. The van der Waals surface area contributed by atoms with Crippen molar-refractivity contribution in [1.82, 2.24) is 5.32 Å². The summed E-state index contributed by atoms with van der Waals surface area (Å²) in [7, 11) is 0. The molecule has 0 aliphatic carbocycles. The quantitative estimate of drug-likeness (QED) is 0.289. The number of carbonyl (C=O) groups excluding carboxylic acids is 1. The zero-order valence-electron chi connectivity index (χ0n) is 11.4. The lowest BCUT2D eigenvalue weighted by atomic mass is 9.97. The molecule has 0 saturated carbocycles. The topological polar surface area (TPSA) is 172 Å². The summed E-state index contributed by atoms with van der Waals surface area (Å²) >= 11 is 0. The normalized spacial score (nSPS) is 34.2. The van der Waals surface area contributed by atoms with Gasteiger partial charge in [-0.1, -0.05) is 0 Å². The first-order valence-corrected chi connectivity index (χ1v) is 6.27. The van der Waals surface area contributed by atoms with E-state index in [2.05, 4.69) is 5.32 Å². The second-order valence-electron chi connectivity index (χ2n) is 4.71. The second-order valence-corrected chi connectivity index (χ2v) is 4.71. The molecule has 122 valence electrons. The van der Waals surface area contributed by atoms with Crippen LogP contribution in [0.25, 0.3) is 0 Å². The van der Waals surface area contributed by atoms with Crippen LogP contribution in [0.3, 0.4) is 0 Å². The first-order chi connectivity index (χ1) is 9.77. The first-order valence-electron chi connectivity index (χ1n) is 6.27. The highest BCUT2D eigenvalue weighted by molar-refractivity contribution is 5.73. The molecule has 0 aromatic heterocycles. The van der Waals surface area contributed by atoms with Crippen LogP contribution in [-0.2, 0) is 19.1 Å². The Morgan fingerprint density at radius 2 is 2.00 bits per heavy atom. The van der Waals surface area contributed by atoms with Gasteiger partial charge in [0, 0.05) is 6.92 Å². The van der Waals surface area contributed by atoms with Crippen molar-refractivity contribution in [1.29, 1.82) is 0 Å². The third kappa shape index (κ3) is 4.59. The number of carboxylic acids is 1. The number of nitrogens with one attached hydrogen (secondary N) is 1. The molecule has 1 rings (SSSR count). The molecule has 21 heavy (non-hydrogen) atoms. The maximum absolute atomic E-state index is 11.1. The summed E-state index contributed by atoms with van der Waals surface area (Å²) in [4.78, 5) is 21.7. The predicted molar refractivity (Wildman–Crippen MR) is 66.9 cm³/mol. The van der Waals surface area contributed by atoms with Crippen LogP contribution in [0.1, 0.15) is 6.92 Å². The largest absolute Gasteiger partial charge is 0.480 e. The molecule has 1 saturated heterocycles. The second kappa shape index (κ2) is 7.64. The van der Waals surface area contributed by atoms with E-state index in [1.807, 2.05) is 0 Å². The third-order valence-electron chi connectivity index (χ3n) is 3.01. The van der Waals surface area contributed by atoms with Crippen molar-refractivity contribution < 1.29 is 39.5 Å². The van der Waals surface area contributed by atoms with E-state index < -0.39 is 61.8 Å². The van der Waals surface area contributed by atoms with Crippen LogP contribution >= 0.6 is 0 Å². The number of aliphatic carboxylic acids is 1. The Hall–Kier alpha value is -1.30. The fraction of sp³-hybridized carbons (Fsp3) is 0.818. The SMILES string of the molecule is CC(=O)NC1[C@H](OC[C@H](N)C(=O)O)OC(CO)[C@H](O)[C@@H]1O. The number of rotatable bonds is 6. The number of nitrogens with two attached hydrogens (primary N) is 1. The lowest BCUT2D eigenvalue weighted by Crippen LogP contribution is -2.64. The van der Waals surface area contributed by atoms with Gasteiger partial charge in [-0.05, 0) is 0 Å². The molecule has 0 bridgehead atoms. The van der Waals surface area contributed by atoms with Crippen molar-refractivity contribution >= 4 is 11.9 Å². The first kappa shape index (κ1) is 17.8. The number of ether oxygens (including phenoxy) is 2. The number of amides is 1. The van der Waals surface area contributed by atoms with Crippen LogP contribution in [0.4, 0.5) is 0 Å². The number of aliphatic hydroxyl groups is 3. The average Bonchev–Trinajstić information content (AvgIpc) is 2.42. The van der Waals surface area contributed by atoms with Gasteiger partial charge in [0.15, 0.2) is 6.29 Å². The van der Waals surface area contributed by atoms with E-state index in [9.17, 15) is 19.8 Å². The van der Waals surface area contributed by atoms with Crippen LogP contribution in [0.15, 0.2) is 0 Å². The fourth-order valence-electron chi connectivity index (χ4n) is 1.88. The van der Waals surface area contributed by atoms with Gasteiger partial charge >= 0.3 is 5.97 Å². The van der Waals surface area contributed by atoms with Crippen molar-refractivity contribution in [2.75, 3.05) is 13.2 Å². The molecule has 1 aliphatic rings. The number of aliphatic hydroxyl groups excluding tert-OH is 3. The van der Waals surface area contributed by atoms with Crippen LogP contribution in [0, 0.1) is 0 Å². The summed E-state index contributed by atoms with van der Waals surface area (Å²) < 4.78 is 10.4. The van der Waals surface area contributed by atoms with Crippen LogP contribution in [0.2, 0.25) is 0 Å². The highest BCUT2D eigenvalue weighted by Gasteiger charge is 2.45. The van der Waals surface area contributed by atoms with Gasteiger partial charge < -0.3 is 41.0 Å². The molecule has 10 nitrogen and oxygen atoms in total. The minimum absolute atomic E-state index is 0.433. The minimum Gasteiger partial charge on any atom is -0.480 e. The number of carboxylic acid groups (broad SMARTS) is 1. The monoisotopic (exact) mass is 308 g/mol. The van der Waals surface area contributed by atoms with E-state index >= 15 is 0 Å². The molecule has 6 atom stereocenters. The Balaban J connectivity index is 2.78. The maximum atomic E-state index is 11.1. The van der Waals surface area contributed by atoms with Gasteiger partial charge in [-0.25, -0.2) is 0 Å². The van der Waals surface area contributed by atoms with E-state index in [1.54, 1.807) is 0 Å². The van der Waals surface area contributed by atoms with Crippen LogP contribution in [0.5, 0.6) is 0 Å². The molecule has 0 spiro atoms. The molecule has 7 N–H and O–H groups in total. The summed E-state index contributed by atoms with van der Waals surface area (Å²) in [6.07, 6.45) is -5.27. The van der Waals surface area contributed by atoms with Crippen molar-refractivity contribution in [2.45, 2.75) is 43.6 Å². The number of hydrogen-bond acceptors (Lipinski definition) is 8. The summed E-state index contributed by atoms with van der Waals surface area (Å²) in [5.74, 6) is -1.80. The van der Waals surface area contributed by atoms with Crippen molar-refractivity contribution in [3.63, 3.8) is 0 Å². The number of hydrogen-bond donors (Lipinski definition) is 6. The summed E-state index contributed by atoms with van der Waals surface area (Å²) in [5, 5.41) is 39.8. The molecule has 1 amide bonds. The molecular formula is C11H20N2O8. The van der Waals surface area contributed by atoms with E-state index in [0.29, 0.717) is 0 Å². The van der Waals surface area contributed by atoms with Gasteiger partial charge in [-0.15, -0.1) is 0 Å². The lowest BCUT2D eigenvalue weighted by Gasteiger charge is -2.42. The van der Waals surface area contributed by atoms with Crippen molar-refractivity contribution in [2.24, 2.45) is 5.73 Å². The highest BCUT2D eigenvalue weighted by Crippen LogP contribution is 2.22. The van der Waals surface area contributed by atoms with E-state index in [-0.39, 0.29) is 0 Å². The van der Waals surface area contributed by atoms with Gasteiger partial charge in [0.1, 0.15) is 30.4 Å². The molecule has 1 heterocycles. The van der Waals surface area contributed by atoms with Gasteiger partial charge in [0.2, 0.25) is 5.91 Å². The van der Waals surface area contributed by atoms with Crippen molar-refractivity contribution in [3.8, 4) is 0 Å². The molecule has 0 aromatic carbocycles. The molecule has 0 aromatic rings. The molecular weight excluding hydrogens is 288 g/mol. The Bertz CT molecular complexity index is 379. The van der Waals surface area contributed by atoms with Gasteiger partial charge in [0.05, 0.1) is 13.2 Å².